The Hall–Kier alpha value is -3.16. The number of nitrogens with zero attached hydrogens (tertiary/aromatic N) is 1. The zero-order chi connectivity index (χ0) is 28.5. The molecule has 3 rings (SSSR count). The van der Waals surface area contributed by atoms with Gasteiger partial charge in [-0.05, 0) is 67.3 Å². The van der Waals surface area contributed by atoms with E-state index < -0.39 is 60.0 Å². The number of carbonyl (C=O) groups excluding carboxylic acids is 1. The molecule has 5 nitrogen and oxygen atoms in total. The second-order valence-corrected chi connectivity index (χ2v) is 8.52. The first-order chi connectivity index (χ1) is 17.5. The highest BCUT2D eigenvalue weighted by Crippen LogP contribution is 2.42. The summed E-state index contributed by atoms with van der Waals surface area (Å²) in [7, 11) is 0. The Morgan fingerprint density at radius 1 is 0.895 bits per heavy atom. The van der Waals surface area contributed by atoms with Crippen molar-refractivity contribution < 1.29 is 53.9 Å². The van der Waals surface area contributed by atoms with Gasteiger partial charge in [0.1, 0.15) is 0 Å². The first-order valence-corrected chi connectivity index (χ1v) is 11.4. The normalized spacial score (nSPS) is 18.2. The topological polar surface area (TPSA) is 50.8 Å². The second-order valence-electron chi connectivity index (χ2n) is 8.52. The van der Waals surface area contributed by atoms with Gasteiger partial charge in [-0.15, -0.1) is 0 Å². The minimum atomic E-state index is -5.05. The molecule has 0 fully saturated rings. The predicted octanol–water partition coefficient (Wildman–Crippen LogP) is 7.65. The summed E-state index contributed by atoms with van der Waals surface area (Å²) in [6.45, 7) is 2.70. The molecule has 14 heteroatoms. The number of hydrogen-bond donors (Lipinski definition) is 1. The number of benzene rings is 2. The van der Waals surface area contributed by atoms with E-state index in [2.05, 4.69) is 5.32 Å². The molecule has 0 aliphatic carbocycles. The van der Waals surface area contributed by atoms with Crippen molar-refractivity contribution in [3.63, 3.8) is 0 Å². The number of rotatable bonds is 6. The van der Waals surface area contributed by atoms with Crippen molar-refractivity contribution in [1.29, 1.82) is 0 Å². The number of alkyl halides is 9. The van der Waals surface area contributed by atoms with E-state index in [1.165, 1.54) is 6.92 Å². The highest BCUT2D eigenvalue weighted by atomic mass is 19.4. The molecule has 38 heavy (non-hydrogen) atoms. The third-order valence-corrected chi connectivity index (χ3v) is 5.91. The summed E-state index contributed by atoms with van der Waals surface area (Å²) in [6, 6.07) is 2.23. The molecule has 210 valence electrons. The van der Waals surface area contributed by atoms with Crippen molar-refractivity contribution in [2.24, 2.45) is 0 Å². The van der Waals surface area contributed by atoms with Crippen molar-refractivity contribution >= 4 is 11.8 Å². The molecule has 1 aliphatic heterocycles. The maximum absolute atomic E-state index is 13.4. The first kappa shape index (κ1) is 29.4. The van der Waals surface area contributed by atoms with Gasteiger partial charge in [0.15, 0.2) is 0 Å². The quantitative estimate of drug-likeness (QED) is 0.292. The molecule has 0 amide bonds. The van der Waals surface area contributed by atoms with Crippen LogP contribution in [0.5, 0.6) is 0 Å². The van der Waals surface area contributed by atoms with Gasteiger partial charge in [-0.3, -0.25) is 0 Å². The number of nitrogens with one attached hydrogen (secondary N) is 1. The summed E-state index contributed by atoms with van der Waals surface area (Å²) < 4.78 is 124. The largest absolute Gasteiger partial charge is 0.533 e. The lowest BCUT2D eigenvalue weighted by molar-refractivity contribution is -0.143. The molecule has 0 saturated heterocycles. The Morgan fingerprint density at radius 3 is 1.97 bits per heavy atom. The molecule has 0 aromatic heterocycles. The molecule has 2 unspecified atom stereocenters. The molecule has 1 heterocycles. The van der Waals surface area contributed by atoms with Gasteiger partial charge >= 0.3 is 24.7 Å². The Kier molecular flexibility index (Phi) is 8.44. The molecule has 0 bridgehead atoms. The third kappa shape index (κ3) is 6.83. The fourth-order valence-corrected chi connectivity index (χ4v) is 4.14. The van der Waals surface area contributed by atoms with Crippen LogP contribution < -0.4 is 10.4 Å². The van der Waals surface area contributed by atoms with Crippen LogP contribution in [0.25, 0.3) is 0 Å². The van der Waals surface area contributed by atoms with Crippen LogP contribution in [0.15, 0.2) is 36.4 Å². The lowest BCUT2D eigenvalue weighted by Gasteiger charge is -2.40. The Labute approximate surface area is 211 Å². The number of anilines is 1. The van der Waals surface area contributed by atoms with Crippen LogP contribution in [0, 0.1) is 0 Å². The van der Waals surface area contributed by atoms with Crippen LogP contribution in [0.1, 0.15) is 60.5 Å². The molecule has 0 radical (unpaired) electrons. The van der Waals surface area contributed by atoms with Crippen molar-refractivity contribution in [2.75, 3.05) is 11.7 Å². The van der Waals surface area contributed by atoms with Gasteiger partial charge in [-0.2, -0.15) is 44.6 Å². The summed E-state index contributed by atoms with van der Waals surface area (Å²) in [5, 5.41) is 3.90. The molecule has 2 aromatic rings. The molecular formula is C24H23F9N2O3. The van der Waals surface area contributed by atoms with Crippen LogP contribution >= 0.6 is 0 Å². The van der Waals surface area contributed by atoms with E-state index in [4.69, 9.17) is 9.57 Å². The van der Waals surface area contributed by atoms with Crippen LogP contribution in [0.3, 0.4) is 0 Å². The zero-order valence-electron chi connectivity index (χ0n) is 20.0. The summed E-state index contributed by atoms with van der Waals surface area (Å²) in [4.78, 5) is 17.2. The van der Waals surface area contributed by atoms with E-state index in [9.17, 15) is 44.3 Å². The molecular weight excluding hydrogens is 535 g/mol. The van der Waals surface area contributed by atoms with Gasteiger partial charge in [-0.25, -0.2) is 4.79 Å². The van der Waals surface area contributed by atoms with E-state index in [1.807, 2.05) is 0 Å². The molecule has 0 spiro atoms. The van der Waals surface area contributed by atoms with E-state index >= 15 is 0 Å². The molecule has 1 aliphatic rings. The fourth-order valence-electron chi connectivity index (χ4n) is 4.14. The van der Waals surface area contributed by atoms with Crippen LogP contribution in [-0.2, 0) is 34.6 Å². The van der Waals surface area contributed by atoms with Crippen molar-refractivity contribution in [1.82, 2.24) is 5.32 Å². The van der Waals surface area contributed by atoms with E-state index in [-0.39, 0.29) is 35.9 Å². The number of hydrogen-bond acceptors (Lipinski definition) is 5. The Balaban J connectivity index is 2.00. The Morgan fingerprint density at radius 2 is 1.47 bits per heavy atom. The maximum atomic E-state index is 13.4. The molecule has 0 saturated carbocycles. The lowest BCUT2D eigenvalue weighted by Crippen LogP contribution is -2.44. The van der Waals surface area contributed by atoms with Crippen LogP contribution in [0.4, 0.5) is 50.0 Å². The average molecular weight is 558 g/mol. The van der Waals surface area contributed by atoms with Crippen molar-refractivity contribution in [3.8, 4) is 0 Å². The third-order valence-electron chi connectivity index (χ3n) is 5.91. The number of ether oxygens (including phenoxy) is 1. The highest BCUT2D eigenvalue weighted by molar-refractivity contribution is 5.65. The SMILES string of the molecule is CCOC(=O)ON1c2ccc(C(F)(F)F)cc2C(NCc2cc(C(F)(F)F)cc(C(F)(F)F)c2)CC1CC. The van der Waals surface area contributed by atoms with E-state index in [0.29, 0.717) is 18.6 Å². The number of fused-ring (bicyclic) bond motifs is 1. The smallest absolute Gasteiger partial charge is 0.433 e. The highest BCUT2D eigenvalue weighted by Gasteiger charge is 2.39. The monoisotopic (exact) mass is 558 g/mol. The van der Waals surface area contributed by atoms with Crippen LogP contribution in [-0.4, -0.2) is 18.8 Å². The molecule has 2 atom stereocenters. The minimum Gasteiger partial charge on any atom is -0.433 e. The van der Waals surface area contributed by atoms with E-state index in [0.717, 1.165) is 23.3 Å². The summed E-state index contributed by atoms with van der Waals surface area (Å²) in [5.74, 6) is 0. The second kappa shape index (κ2) is 10.9. The van der Waals surface area contributed by atoms with Gasteiger partial charge in [0.2, 0.25) is 0 Å². The first-order valence-electron chi connectivity index (χ1n) is 11.4. The number of hydroxylamine groups is 1. The fraction of sp³-hybridized carbons (Fsp3) is 0.458. The number of halogens is 9. The summed E-state index contributed by atoms with van der Waals surface area (Å²) in [6.07, 6.45) is -15.6. The van der Waals surface area contributed by atoms with Gasteiger partial charge in [0, 0.05) is 12.6 Å². The predicted molar refractivity (Wildman–Crippen MR) is 117 cm³/mol. The molecule has 1 N–H and O–H groups in total. The standard InChI is InChI=1S/C24H23F9N2O3/c1-3-17-11-19(34-12-13-7-15(23(28,29)30)9-16(8-13)24(31,32)33)18-10-14(22(25,26)27)5-6-20(18)35(17)38-21(36)37-4-2/h5-10,17,19,34H,3-4,11-12H2,1-2H3. The van der Waals surface area contributed by atoms with Gasteiger partial charge < -0.3 is 14.9 Å². The Bertz CT molecular complexity index is 1110. The van der Waals surface area contributed by atoms with Gasteiger partial charge in [0.05, 0.1) is 35.0 Å². The molecule has 2 aromatic carbocycles. The maximum Gasteiger partial charge on any atom is 0.533 e. The van der Waals surface area contributed by atoms with E-state index in [1.54, 1.807) is 6.92 Å². The van der Waals surface area contributed by atoms with Crippen molar-refractivity contribution in [3.05, 3.63) is 64.2 Å². The number of carbonyl (C=O) groups is 1. The van der Waals surface area contributed by atoms with Gasteiger partial charge in [-0.1, -0.05) is 6.92 Å². The summed E-state index contributed by atoms with van der Waals surface area (Å²) >= 11 is 0. The lowest BCUT2D eigenvalue weighted by atomic mass is 9.89. The zero-order valence-corrected chi connectivity index (χ0v) is 20.0. The van der Waals surface area contributed by atoms with Gasteiger partial charge in [0.25, 0.3) is 0 Å². The van der Waals surface area contributed by atoms with Crippen molar-refractivity contribution in [2.45, 2.75) is 63.8 Å². The summed E-state index contributed by atoms with van der Waals surface area (Å²) in [5.41, 5.74) is -4.34. The average Bonchev–Trinajstić information content (AvgIpc) is 2.81. The van der Waals surface area contributed by atoms with Crippen LogP contribution in [0.2, 0.25) is 0 Å². The minimum absolute atomic E-state index is 0.00292.